The van der Waals surface area contributed by atoms with Crippen LogP contribution in [0.1, 0.15) is 43.9 Å². The average Bonchev–Trinajstić information content (AvgIpc) is 3.10. The van der Waals surface area contributed by atoms with Gasteiger partial charge in [0.1, 0.15) is 0 Å². The molecule has 1 fully saturated rings. The lowest BCUT2D eigenvalue weighted by Crippen LogP contribution is -2.49. The molecule has 3 nitrogen and oxygen atoms in total. The van der Waals surface area contributed by atoms with E-state index in [1.807, 2.05) is 4.90 Å². The molecule has 0 radical (unpaired) electrons. The number of benzene rings is 2. The molecule has 0 unspecified atom stereocenters. The molecule has 1 heterocycles. The molecule has 146 valence electrons. The van der Waals surface area contributed by atoms with Crippen LogP contribution in [0.3, 0.4) is 0 Å². The van der Waals surface area contributed by atoms with E-state index >= 15 is 0 Å². The number of carbonyl (C=O) groups excluding carboxylic acids is 1. The minimum Gasteiger partial charge on any atom is -0.368 e. The largest absolute Gasteiger partial charge is 0.368 e. The Kier molecular flexibility index (Phi) is 5.01. The van der Waals surface area contributed by atoms with Crippen LogP contribution < -0.4 is 4.90 Å². The predicted molar refractivity (Wildman–Crippen MR) is 117 cm³/mol. The van der Waals surface area contributed by atoms with E-state index in [2.05, 4.69) is 80.3 Å². The maximum absolute atomic E-state index is 12.9. The zero-order chi connectivity index (χ0) is 19.7. The van der Waals surface area contributed by atoms with E-state index in [1.54, 1.807) is 0 Å². The smallest absolute Gasteiger partial charge is 0.227 e. The van der Waals surface area contributed by atoms with Gasteiger partial charge in [0.15, 0.2) is 0 Å². The van der Waals surface area contributed by atoms with Crippen LogP contribution in [0.4, 0.5) is 5.69 Å². The lowest BCUT2D eigenvalue weighted by atomic mass is 9.85. The van der Waals surface area contributed by atoms with Crippen molar-refractivity contribution in [1.29, 1.82) is 0 Å². The first-order valence-corrected chi connectivity index (χ1v) is 10.3. The van der Waals surface area contributed by atoms with E-state index < -0.39 is 0 Å². The molecule has 1 saturated heterocycles. The standard InChI is InChI=1S/C25H30N2O/c1-25(2,3)22-10-6-7-11-23(22)26-14-16-27(17-15-26)24(28)18-20-13-12-19-8-4-5-9-21(19)20/h4-11,13H,12,14-18H2,1-3H3. The van der Waals surface area contributed by atoms with Crippen LogP contribution in [0.2, 0.25) is 0 Å². The van der Waals surface area contributed by atoms with E-state index in [4.69, 9.17) is 0 Å². The molecule has 4 rings (SSSR count). The highest BCUT2D eigenvalue weighted by Gasteiger charge is 2.26. The first-order chi connectivity index (χ1) is 13.4. The minimum absolute atomic E-state index is 0.117. The van der Waals surface area contributed by atoms with Gasteiger partial charge in [0.05, 0.1) is 6.42 Å². The molecule has 3 heteroatoms. The third-order valence-electron chi connectivity index (χ3n) is 5.96. The summed E-state index contributed by atoms with van der Waals surface area (Å²) in [6.45, 7) is 10.2. The molecular formula is C25H30N2O. The van der Waals surface area contributed by atoms with Crippen molar-refractivity contribution in [2.75, 3.05) is 31.1 Å². The van der Waals surface area contributed by atoms with E-state index in [0.29, 0.717) is 6.42 Å². The zero-order valence-corrected chi connectivity index (χ0v) is 17.2. The van der Waals surface area contributed by atoms with Gasteiger partial charge < -0.3 is 9.80 Å². The number of para-hydroxylation sites is 1. The number of fused-ring (bicyclic) bond motifs is 1. The van der Waals surface area contributed by atoms with Crippen molar-refractivity contribution < 1.29 is 4.79 Å². The summed E-state index contributed by atoms with van der Waals surface area (Å²) in [7, 11) is 0. The van der Waals surface area contributed by atoms with Crippen molar-refractivity contribution in [3.8, 4) is 0 Å². The number of amides is 1. The fraction of sp³-hybridized carbons (Fsp3) is 0.400. The Hall–Kier alpha value is -2.55. The summed E-state index contributed by atoms with van der Waals surface area (Å²) >= 11 is 0. The summed E-state index contributed by atoms with van der Waals surface area (Å²) in [5.41, 5.74) is 6.60. The highest BCUT2D eigenvalue weighted by Crippen LogP contribution is 2.33. The van der Waals surface area contributed by atoms with Crippen LogP contribution in [0.15, 0.2) is 54.6 Å². The van der Waals surface area contributed by atoms with Gasteiger partial charge in [0.2, 0.25) is 5.91 Å². The summed E-state index contributed by atoms with van der Waals surface area (Å²) in [5.74, 6) is 0.256. The first kappa shape index (κ1) is 18.8. The topological polar surface area (TPSA) is 23.6 Å². The van der Waals surface area contributed by atoms with Gasteiger partial charge >= 0.3 is 0 Å². The molecule has 1 aliphatic heterocycles. The van der Waals surface area contributed by atoms with Gasteiger partial charge in [-0.3, -0.25) is 4.79 Å². The number of rotatable bonds is 3. The molecule has 1 amide bonds. The van der Waals surface area contributed by atoms with Gasteiger partial charge in [-0.25, -0.2) is 0 Å². The van der Waals surface area contributed by atoms with Crippen molar-refractivity contribution in [3.05, 3.63) is 71.3 Å². The molecule has 0 spiro atoms. The summed E-state index contributed by atoms with van der Waals surface area (Å²) in [6.07, 6.45) is 3.70. The molecule has 2 aliphatic rings. The van der Waals surface area contributed by atoms with Crippen LogP contribution >= 0.6 is 0 Å². The van der Waals surface area contributed by atoms with Crippen molar-refractivity contribution >= 4 is 17.2 Å². The van der Waals surface area contributed by atoms with Crippen molar-refractivity contribution in [2.24, 2.45) is 0 Å². The summed E-state index contributed by atoms with van der Waals surface area (Å²) < 4.78 is 0. The molecule has 28 heavy (non-hydrogen) atoms. The van der Waals surface area contributed by atoms with E-state index in [9.17, 15) is 4.79 Å². The van der Waals surface area contributed by atoms with Crippen LogP contribution in [0.25, 0.3) is 5.57 Å². The fourth-order valence-corrected chi connectivity index (χ4v) is 4.38. The first-order valence-electron chi connectivity index (χ1n) is 10.3. The molecule has 0 bridgehead atoms. The van der Waals surface area contributed by atoms with Crippen LogP contribution in [0, 0.1) is 0 Å². The van der Waals surface area contributed by atoms with Crippen molar-refractivity contribution in [2.45, 2.75) is 39.0 Å². The summed E-state index contributed by atoms with van der Waals surface area (Å²) in [4.78, 5) is 17.4. The number of nitrogens with zero attached hydrogens (tertiary/aromatic N) is 2. The fourth-order valence-electron chi connectivity index (χ4n) is 4.38. The number of anilines is 1. The molecule has 0 aromatic heterocycles. The highest BCUT2D eigenvalue weighted by molar-refractivity contribution is 5.91. The molecule has 0 N–H and O–H groups in total. The lowest BCUT2D eigenvalue weighted by Gasteiger charge is -2.38. The van der Waals surface area contributed by atoms with E-state index in [1.165, 1.54) is 28.0 Å². The zero-order valence-electron chi connectivity index (χ0n) is 17.2. The van der Waals surface area contributed by atoms with Crippen molar-refractivity contribution in [3.63, 3.8) is 0 Å². The lowest BCUT2D eigenvalue weighted by molar-refractivity contribution is -0.130. The predicted octanol–water partition coefficient (Wildman–Crippen LogP) is 4.66. The van der Waals surface area contributed by atoms with Crippen LogP contribution in [-0.4, -0.2) is 37.0 Å². The number of carbonyl (C=O) groups is 1. The van der Waals surface area contributed by atoms with Gasteiger partial charge in [-0.1, -0.05) is 69.3 Å². The second-order valence-electron chi connectivity index (χ2n) is 8.90. The Morgan fingerprint density at radius 1 is 0.929 bits per heavy atom. The number of hydrogen-bond acceptors (Lipinski definition) is 2. The van der Waals surface area contributed by atoms with Gasteiger partial charge in [0, 0.05) is 31.9 Å². The van der Waals surface area contributed by atoms with Gasteiger partial charge in [0.25, 0.3) is 0 Å². The Morgan fingerprint density at radius 2 is 1.61 bits per heavy atom. The van der Waals surface area contributed by atoms with Crippen molar-refractivity contribution in [1.82, 2.24) is 4.90 Å². The maximum Gasteiger partial charge on any atom is 0.227 e. The number of allylic oxidation sites excluding steroid dienone is 1. The monoisotopic (exact) mass is 374 g/mol. The Bertz CT molecular complexity index is 899. The van der Waals surface area contributed by atoms with Gasteiger partial charge in [-0.2, -0.15) is 0 Å². The molecule has 0 saturated carbocycles. The highest BCUT2D eigenvalue weighted by atomic mass is 16.2. The minimum atomic E-state index is 0.117. The molecule has 1 aliphatic carbocycles. The quantitative estimate of drug-likeness (QED) is 0.780. The second-order valence-corrected chi connectivity index (χ2v) is 8.90. The average molecular weight is 375 g/mol. The van der Waals surface area contributed by atoms with Crippen LogP contribution in [-0.2, 0) is 16.6 Å². The summed E-state index contributed by atoms with van der Waals surface area (Å²) in [6, 6.07) is 17.1. The number of piperazine rings is 1. The SMILES string of the molecule is CC(C)(C)c1ccccc1N1CCN(C(=O)CC2=CCc3ccccc32)CC1. The summed E-state index contributed by atoms with van der Waals surface area (Å²) in [5, 5.41) is 0. The third-order valence-corrected chi connectivity index (χ3v) is 5.96. The maximum atomic E-state index is 12.9. The van der Waals surface area contributed by atoms with E-state index in [0.717, 1.165) is 32.6 Å². The molecule has 2 aromatic carbocycles. The van der Waals surface area contributed by atoms with Gasteiger partial charge in [-0.05, 0) is 40.2 Å². The number of hydrogen-bond donors (Lipinski definition) is 0. The Labute approximate surface area is 168 Å². The molecule has 0 atom stereocenters. The Morgan fingerprint density at radius 3 is 2.36 bits per heavy atom. The molecule has 2 aromatic rings. The third kappa shape index (κ3) is 3.71. The molecular weight excluding hydrogens is 344 g/mol. The van der Waals surface area contributed by atoms with E-state index in [-0.39, 0.29) is 11.3 Å². The normalized spacial score (nSPS) is 16.8. The second kappa shape index (κ2) is 7.46. The Balaban J connectivity index is 1.40. The van der Waals surface area contributed by atoms with Gasteiger partial charge in [-0.15, -0.1) is 0 Å². The van der Waals surface area contributed by atoms with Crippen LogP contribution in [0.5, 0.6) is 0 Å².